The van der Waals surface area contributed by atoms with Crippen LogP contribution in [0.4, 0.5) is 10.1 Å². The number of nitrogens with one attached hydrogen (secondary N) is 1. The van der Waals surface area contributed by atoms with E-state index < -0.39 is 0 Å². The number of anilines is 1. The molecule has 0 saturated carbocycles. The molecule has 0 aromatic heterocycles. The summed E-state index contributed by atoms with van der Waals surface area (Å²) in [7, 11) is 0. The van der Waals surface area contributed by atoms with E-state index in [2.05, 4.69) is 24.1 Å². The molecule has 1 heterocycles. The van der Waals surface area contributed by atoms with E-state index in [4.69, 9.17) is 0 Å². The van der Waals surface area contributed by atoms with Gasteiger partial charge in [0.15, 0.2) is 0 Å². The van der Waals surface area contributed by atoms with Gasteiger partial charge in [-0.1, -0.05) is 13.0 Å². The Morgan fingerprint density at radius 3 is 3.00 bits per heavy atom. The van der Waals surface area contributed by atoms with Crippen molar-refractivity contribution in [3.05, 3.63) is 29.6 Å². The Morgan fingerprint density at radius 2 is 2.32 bits per heavy atom. The third kappa shape index (κ3) is 3.86. The van der Waals surface area contributed by atoms with Crippen LogP contribution in [0.5, 0.6) is 0 Å². The monoisotopic (exact) mass is 282 g/mol. The molecule has 1 fully saturated rings. The first-order valence-electron chi connectivity index (χ1n) is 7.06. The molecule has 1 aromatic rings. The molecule has 19 heavy (non-hydrogen) atoms. The van der Waals surface area contributed by atoms with Crippen LogP contribution < -0.4 is 10.2 Å². The summed E-state index contributed by atoms with van der Waals surface area (Å²) in [5.41, 5.74) is 1.78. The SMILES string of the molecule is CCCNCc1ccc(N2CCSCC2C)c(F)c1. The maximum Gasteiger partial charge on any atom is 0.146 e. The summed E-state index contributed by atoms with van der Waals surface area (Å²) in [5, 5.41) is 3.30. The molecule has 0 aliphatic carbocycles. The highest BCUT2D eigenvalue weighted by molar-refractivity contribution is 7.99. The number of halogens is 1. The minimum Gasteiger partial charge on any atom is -0.365 e. The average molecular weight is 282 g/mol. The lowest BCUT2D eigenvalue weighted by molar-refractivity contribution is 0.598. The fraction of sp³-hybridized carbons (Fsp3) is 0.600. The molecule has 2 rings (SSSR count). The number of benzene rings is 1. The number of rotatable bonds is 5. The van der Waals surface area contributed by atoms with Crippen LogP contribution >= 0.6 is 11.8 Å². The lowest BCUT2D eigenvalue weighted by Gasteiger charge is -2.35. The van der Waals surface area contributed by atoms with Crippen LogP contribution in [0, 0.1) is 5.82 Å². The lowest BCUT2D eigenvalue weighted by atomic mass is 10.1. The maximum absolute atomic E-state index is 14.2. The molecule has 0 amide bonds. The third-order valence-corrected chi connectivity index (χ3v) is 4.63. The van der Waals surface area contributed by atoms with Gasteiger partial charge in [-0.05, 0) is 37.6 Å². The van der Waals surface area contributed by atoms with Crippen molar-refractivity contribution in [3.8, 4) is 0 Å². The Balaban J connectivity index is 2.05. The largest absolute Gasteiger partial charge is 0.365 e. The topological polar surface area (TPSA) is 15.3 Å². The van der Waals surface area contributed by atoms with Crippen LogP contribution in [0.1, 0.15) is 25.8 Å². The van der Waals surface area contributed by atoms with Gasteiger partial charge in [0.25, 0.3) is 0 Å². The number of nitrogens with zero attached hydrogens (tertiary/aromatic N) is 1. The van der Waals surface area contributed by atoms with Crippen molar-refractivity contribution < 1.29 is 4.39 Å². The summed E-state index contributed by atoms with van der Waals surface area (Å²) in [5.74, 6) is 2.08. The zero-order valence-corrected chi connectivity index (χ0v) is 12.6. The van der Waals surface area contributed by atoms with Gasteiger partial charge in [-0.3, -0.25) is 0 Å². The van der Waals surface area contributed by atoms with Crippen molar-refractivity contribution >= 4 is 17.4 Å². The number of hydrogen-bond acceptors (Lipinski definition) is 3. The number of hydrogen-bond donors (Lipinski definition) is 1. The second-order valence-electron chi connectivity index (χ2n) is 5.08. The van der Waals surface area contributed by atoms with E-state index in [-0.39, 0.29) is 5.82 Å². The molecule has 2 nitrogen and oxygen atoms in total. The predicted octanol–water partition coefficient (Wildman–Crippen LogP) is 3.27. The quantitative estimate of drug-likeness (QED) is 0.835. The summed E-state index contributed by atoms with van der Waals surface area (Å²) < 4.78 is 14.2. The van der Waals surface area contributed by atoms with Gasteiger partial charge in [0, 0.05) is 30.6 Å². The fourth-order valence-electron chi connectivity index (χ4n) is 2.39. The second-order valence-corrected chi connectivity index (χ2v) is 6.23. The van der Waals surface area contributed by atoms with E-state index >= 15 is 0 Å². The van der Waals surface area contributed by atoms with Crippen LogP contribution in [0.15, 0.2) is 18.2 Å². The van der Waals surface area contributed by atoms with Gasteiger partial charge in [0.05, 0.1) is 5.69 Å². The zero-order valence-electron chi connectivity index (χ0n) is 11.8. The van der Waals surface area contributed by atoms with Gasteiger partial charge in [0.1, 0.15) is 5.82 Å². The van der Waals surface area contributed by atoms with Gasteiger partial charge in [0.2, 0.25) is 0 Å². The summed E-state index contributed by atoms with van der Waals surface area (Å²) in [6.07, 6.45) is 1.10. The van der Waals surface area contributed by atoms with E-state index in [1.807, 2.05) is 23.9 Å². The van der Waals surface area contributed by atoms with E-state index in [0.717, 1.165) is 48.8 Å². The second kappa shape index (κ2) is 7.15. The van der Waals surface area contributed by atoms with Crippen LogP contribution in [0.25, 0.3) is 0 Å². The normalized spacial score (nSPS) is 19.7. The number of thioether (sulfide) groups is 1. The molecule has 0 bridgehead atoms. The molecule has 106 valence electrons. The first-order valence-corrected chi connectivity index (χ1v) is 8.21. The third-order valence-electron chi connectivity index (χ3n) is 3.45. The van der Waals surface area contributed by atoms with Crippen LogP contribution in [-0.4, -0.2) is 30.6 Å². The molecule has 1 unspecified atom stereocenters. The lowest BCUT2D eigenvalue weighted by Crippen LogP contribution is -2.40. The fourth-order valence-corrected chi connectivity index (χ4v) is 3.40. The van der Waals surface area contributed by atoms with Crippen molar-refractivity contribution in [1.29, 1.82) is 0 Å². The van der Waals surface area contributed by atoms with Gasteiger partial charge in [-0.2, -0.15) is 11.8 Å². The molecule has 1 aliphatic heterocycles. The average Bonchev–Trinajstić information content (AvgIpc) is 2.40. The van der Waals surface area contributed by atoms with Crippen LogP contribution in [0.2, 0.25) is 0 Å². The minimum absolute atomic E-state index is 0.0884. The molecule has 1 saturated heterocycles. The van der Waals surface area contributed by atoms with Gasteiger partial charge < -0.3 is 10.2 Å². The van der Waals surface area contributed by atoms with Gasteiger partial charge in [-0.25, -0.2) is 4.39 Å². The molecule has 1 aliphatic rings. The van der Waals surface area contributed by atoms with Crippen LogP contribution in [0.3, 0.4) is 0 Å². The summed E-state index contributed by atoms with van der Waals surface area (Å²) in [6.45, 7) is 6.96. The summed E-state index contributed by atoms with van der Waals surface area (Å²) in [6, 6.07) is 6.06. The standard InChI is InChI=1S/C15H23FN2S/c1-3-6-17-10-13-4-5-15(14(16)9-13)18-7-8-19-11-12(18)2/h4-5,9,12,17H,3,6-8,10-11H2,1-2H3. The van der Waals surface area contributed by atoms with Gasteiger partial charge >= 0.3 is 0 Å². The van der Waals surface area contributed by atoms with E-state index in [0.29, 0.717) is 6.04 Å². The van der Waals surface area contributed by atoms with E-state index in [9.17, 15) is 4.39 Å². The molecule has 0 radical (unpaired) electrons. The van der Waals surface area contributed by atoms with Crippen molar-refractivity contribution in [2.45, 2.75) is 32.9 Å². The maximum atomic E-state index is 14.2. The molecule has 1 N–H and O–H groups in total. The van der Waals surface area contributed by atoms with E-state index in [1.54, 1.807) is 6.07 Å². The highest BCUT2D eigenvalue weighted by Gasteiger charge is 2.21. The zero-order chi connectivity index (χ0) is 13.7. The van der Waals surface area contributed by atoms with Crippen molar-refractivity contribution in [2.75, 3.05) is 29.5 Å². The Kier molecular flexibility index (Phi) is 5.52. The highest BCUT2D eigenvalue weighted by Crippen LogP contribution is 2.27. The van der Waals surface area contributed by atoms with Gasteiger partial charge in [-0.15, -0.1) is 0 Å². The van der Waals surface area contributed by atoms with Crippen LogP contribution in [-0.2, 0) is 6.54 Å². The highest BCUT2D eigenvalue weighted by atomic mass is 32.2. The Bertz CT molecular complexity index is 411. The summed E-state index contributed by atoms with van der Waals surface area (Å²) in [4.78, 5) is 2.19. The molecule has 4 heteroatoms. The predicted molar refractivity (Wildman–Crippen MR) is 82.5 cm³/mol. The Hall–Kier alpha value is -0.740. The Labute approximate surface area is 119 Å². The van der Waals surface area contributed by atoms with Crippen molar-refractivity contribution in [1.82, 2.24) is 5.32 Å². The molecular formula is C15H23FN2S. The Morgan fingerprint density at radius 1 is 1.47 bits per heavy atom. The minimum atomic E-state index is -0.0884. The van der Waals surface area contributed by atoms with Crippen molar-refractivity contribution in [2.24, 2.45) is 0 Å². The van der Waals surface area contributed by atoms with Crippen molar-refractivity contribution in [3.63, 3.8) is 0 Å². The molecule has 1 aromatic carbocycles. The molecule has 0 spiro atoms. The molecular weight excluding hydrogens is 259 g/mol. The molecule has 1 atom stereocenters. The summed E-state index contributed by atoms with van der Waals surface area (Å²) >= 11 is 1.95. The smallest absolute Gasteiger partial charge is 0.146 e. The first kappa shape index (κ1) is 14.7. The van der Waals surface area contributed by atoms with E-state index in [1.165, 1.54) is 0 Å². The first-order chi connectivity index (χ1) is 9.22.